The molecule has 0 aliphatic rings. The Hall–Kier alpha value is -2.81. The van der Waals surface area contributed by atoms with Crippen LogP contribution in [0.1, 0.15) is 5.56 Å². The van der Waals surface area contributed by atoms with Gasteiger partial charge in [0.1, 0.15) is 10.7 Å². The largest absolute Gasteiger partial charge is 0.306 e. The first kappa shape index (κ1) is 17.6. The van der Waals surface area contributed by atoms with E-state index in [1.54, 1.807) is 12.1 Å². The van der Waals surface area contributed by atoms with Gasteiger partial charge in [-0.25, -0.2) is 18.5 Å². The SMILES string of the molecule is Cc1c(-c2ccccc2)sc2nc(-c3ccc(S(N)(=O)=O)cc3)[nH]c(=O)c12. The van der Waals surface area contributed by atoms with Gasteiger partial charge in [0.25, 0.3) is 5.56 Å². The molecule has 0 fully saturated rings. The summed E-state index contributed by atoms with van der Waals surface area (Å²) in [6, 6.07) is 15.8. The van der Waals surface area contributed by atoms with E-state index in [0.717, 1.165) is 16.0 Å². The molecule has 0 amide bonds. The van der Waals surface area contributed by atoms with E-state index in [2.05, 4.69) is 9.97 Å². The highest BCUT2D eigenvalue weighted by atomic mass is 32.2. The summed E-state index contributed by atoms with van der Waals surface area (Å²) in [6.45, 7) is 1.92. The molecule has 2 aromatic heterocycles. The van der Waals surface area contributed by atoms with Gasteiger partial charge in [-0.1, -0.05) is 30.3 Å². The first-order chi connectivity index (χ1) is 12.8. The predicted octanol–water partition coefficient (Wildman–Crippen LogP) is 3.27. The van der Waals surface area contributed by atoms with Gasteiger partial charge in [0.15, 0.2) is 0 Å². The van der Waals surface area contributed by atoms with E-state index < -0.39 is 10.0 Å². The lowest BCUT2D eigenvalue weighted by Crippen LogP contribution is -2.12. The molecule has 0 atom stereocenters. The summed E-state index contributed by atoms with van der Waals surface area (Å²) in [6.07, 6.45) is 0. The fourth-order valence-corrected chi connectivity index (χ4v) is 4.65. The molecule has 2 aromatic carbocycles. The molecule has 136 valence electrons. The number of aromatic nitrogens is 2. The number of rotatable bonds is 3. The molecule has 0 radical (unpaired) electrons. The molecule has 0 spiro atoms. The minimum absolute atomic E-state index is 0.00741. The average Bonchev–Trinajstić information content (AvgIpc) is 2.99. The van der Waals surface area contributed by atoms with Gasteiger partial charge in [0, 0.05) is 10.4 Å². The summed E-state index contributed by atoms with van der Waals surface area (Å²) in [5.41, 5.74) is 2.32. The second kappa shape index (κ2) is 6.41. The standard InChI is InChI=1S/C19H15N3O3S2/c1-11-15-18(23)21-17(13-7-9-14(10-8-13)27(20,24)25)22-19(15)26-16(11)12-5-3-2-4-6-12/h2-10H,1H3,(H2,20,24,25)(H,21,22,23). The van der Waals surface area contributed by atoms with Gasteiger partial charge in [0.2, 0.25) is 10.0 Å². The van der Waals surface area contributed by atoms with Crippen molar-refractivity contribution >= 4 is 31.6 Å². The second-order valence-electron chi connectivity index (χ2n) is 6.09. The van der Waals surface area contributed by atoms with E-state index >= 15 is 0 Å². The van der Waals surface area contributed by atoms with Crippen LogP contribution in [0.25, 0.3) is 32.0 Å². The molecule has 6 nitrogen and oxygen atoms in total. The van der Waals surface area contributed by atoms with Gasteiger partial charge in [-0.05, 0) is 42.3 Å². The summed E-state index contributed by atoms with van der Waals surface area (Å²) >= 11 is 1.46. The van der Waals surface area contributed by atoms with Gasteiger partial charge < -0.3 is 4.98 Å². The Morgan fingerprint density at radius 1 is 1.00 bits per heavy atom. The molecule has 8 heteroatoms. The molecular weight excluding hydrogens is 382 g/mol. The van der Waals surface area contributed by atoms with Crippen LogP contribution in [0.5, 0.6) is 0 Å². The number of hydrogen-bond acceptors (Lipinski definition) is 5. The Kier molecular flexibility index (Phi) is 4.18. The molecular formula is C19H15N3O3S2. The number of benzene rings is 2. The smallest absolute Gasteiger partial charge is 0.260 e. The maximum Gasteiger partial charge on any atom is 0.260 e. The summed E-state index contributed by atoms with van der Waals surface area (Å²) in [5.74, 6) is 0.384. The van der Waals surface area contributed by atoms with Crippen molar-refractivity contribution in [3.05, 3.63) is 70.5 Å². The van der Waals surface area contributed by atoms with Crippen LogP contribution in [0.2, 0.25) is 0 Å². The Balaban J connectivity index is 1.86. The lowest BCUT2D eigenvalue weighted by Gasteiger charge is -2.03. The molecule has 0 bridgehead atoms. The normalized spacial score (nSPS) is 11.8. The Morgan fingerprint density at radius 2 is 1.67 bits per heavy atom. The Bertz CT molecular complexity index is 1310. The third kappa shape index (κ3) is 3.18. The quantitative estimate of drug-likeness (QED) is 0.553. The molecule has 0 aliphatic heterocycles. The van der Waals surface area contributed by atoms with E-state index in [4.69, 9.17) is 5.14 Å². The third-order valence-corrected chi connectivity index (χ3v) is 6.46. The van der Waals surface area contributed by atoms with Crippen LogP contribution in [0.3, 0.4) is 0 Å². The molecule has 0 saturated heterocycles. The number of nitrogens with two attached hydrogens (primary N) is 1. The number of hydrogen-bond donors (Lipinski definition) is 2. The number of primary sulfonamides is 1. The fourth-order valence-electron chi connectivity index (χ4n) is 2.95. The summed E-state index contributed by atoms with van der Waals surface area (Å²) < 4.78 is 22.8. The molecule has 0 unspecified atom stereocenters. The fraction of sp³-hybridized carbons (Fsp3) is 0.0526. The molecule has 2 heterocycles. The van der Waals surface area contributed by atoms with Gasteiger partial charge in [-0.3, -0.25) is 4.79 Å². The van der Waals surface area contributed by atoms with Gasteiger partial charge in [-0.2, -0.15) is 0 Å². The Morgan fingerprint density at radius 3 is 2.30 bits per heavy atom. The first-order valence-corrected chi connectivity index (χ1v) is 10.4. The minimum Gasteiger partial charge on any atom is -0.306 e. The topological polar surface area (TPSA) is 106 Å². The second-order valence-corrected chi connectivity index (χ2v) is 8.65. The van der Waals surface area contributed by atoms with Crippen LogP contribution in [-0.4, -0.2) is 18.4 Å². The van der Waals surface area contributed by atoms with Crippen LogP contribution in [-0.2, 0) is 10.0 Å². The highest BCUT2D eigenvalue weighted by Gasteiger charge is 2.16. The van der Waals surface area contributed by atoms with Crippen molar-refractivity contribution in [2.45, 2.75) is 11.8 Å². The highest BCUT2D eigenvalue weighted by molar-refractivity contribution is 7.89. The molecule has 4 aromatic rings. The summed E-state index contributed by atoms with van der Waals surface area (Å²) in [5, 5.41) is 5.69. The Labute approximate surface area is 159 Å². The van der Waals surface area contributed by atoms with Crippen LogP contribution < -0.4 is 10.7 Å². The van der Waals surface area contributed by atoms with Gasteiger partial charge >= 0.3 is 0 Å². The van der Waals surface area contributed by atoms with Gasteiger partial charge in [0.05, 0.1) is 10.3 Å². The maximum absolute atomic E-state index is 12.7. The van der Waals surface area contributed by atoms with Crippen molar-refractivity contribution in [2.75, 3.05) is 0 Å². The maximum atomic E-state index is 12.7. The van der Waals surface area contributed by atoms with Crippen molar-refractivity contribution in [3.63, 3.8) is 0 Å². The average molecular weight is 397 g/mol. The first-order valence-electron chi connectivity index (χ1n) is 8.06. The number of thiophene rings is 1. The van der Waals surface area contributed by atoms with Gasteiger partial charge in [-0.15, -0.1) is 11.3 Å². The zero-order valence-electron chi connectivity index (χ0n) is 14.3. The van der Waals surface area contributed by atoms with E-state index in [1.165, 1.54) is 23.5 Å². The van der Waals surface area contributed by atoms with Crippen LogP contribution >= 0.6 is 11.3 Å². The zero-order valence-corrected chi connectivity index (χ0v) is 15.9. The number of nitrogens with one attached hydrogen (secondary N) is 1. The van der Waals surface area contributed by atoms with E-state index in [0.29, 0.717) is 21.6 Å². The third-order valence-electron chi connectivity index (χ3n) is 4.29. The zero-order chi connectivity index (χ0) is 19.2. The summed E-state index contributed by atoms with van der Waals surface area (Å²) in [7, 11) is -3.77. The molecule has 0 aliphatic carbocycles. The van der Waals surface area contributed by atoms with Crippen molar-refractivity contribution < 1.29 is 8.42 Å². The minimum atomic E-state index is -3.77. The number of nitrogens with zero attached hydrogens (tertiary/aromatic N) is 1. The lowest BCUT2D eigenvalue weighted by atomic mass is 10.1. The molecule has 4 rings (SSSR count). The number of H-pyrrole nitrogens is 1. The molecule has 3 N–H and O–H groups in total. The molecule has 0 saturated carbocycles. The van der Waals surface area contributed by atoms with Crippen molar-refractivity contribution in [2.24, 2.45) is 5.14 Å². The van der Waals surface area contributed by atoms with Crippen LogP contribution in [0.4, 0.5) is 0 Å². The highest BCUT2D eigenvalue weighted by Crippen LogP contribution is 2.36. The van der Waals surface area contributed by atoms with E-state index in [1.807, 2.05) is 37.3 Å². The van der Waals surface area contributed by atoms with E-state index in [-0.39, 0.29) is 10.5 Å². The van der Waals surface area contributed by atoms with Crippen LogP contribution in [0, 0.1) is 6.92 Å². The number of sulfonamides is 1. The number of aromatic amines is 1. The predicted molar refractivity (Wildman–Crippen MR) is 107 cm³/mol. The number of aryl methyl sites for hydroxylation is 1. The van der Waals surface area contributed by atoms with Crippen molar-refractivity contribution in [1.82, 2.24) is 9.97 Å². The van der Waals surface area contributed by atoms with Crippen molar-refractivity contribution in [1.29, 1.82) is 0 Å². The van der Waals surface area contributed by atoms with Crippen LogP contribution in [0.15, 0.2) is 64.3 Å². The van der Waals surface area contributed by atoms with Crippen molar-refractivity contribution in [3.8, 4) is 21.8 Å². The lowest BCUT2D eigenvalue weighted by molar-refractivity contribution is 0.598. The monoisotopic (exact) mass is 397 g/mol. The summed E-state index contributed by atoms with van der Waals surface area (Å²) in [4.78, 5) is 21.7. The van der Waals surface area contributed by atoms with E-state index in [9.17, 15) is 13.2 Å². The molecule has 27 heavy (non-hydrogen) atoms. The number of fused-ring (bicyclic) bond motifs is 1.